The van der Waals surface area contributed by atoms with Crippen LogP contribution in [0.25, 0.3) is 0 Å². The average Bonchev–Trinajstić information content (AvgIpc) is 2.74. The summed E-state index contributed by atoms with van der Waals surface area (Å²) in [6.07, 6.45) is 8.47. The quantitative estimate of drug-likeness (QED) is 0.703. The van der Waals surface area contributed by atoms with Gasteiger partial charge in [-0.1, -0.05) is 53.4 Å². The van der Waals surface area contributed by atoms with E-state index >= 15 is 0 Å². The van der Waals surface area contributed by atoms with Crippen LogP contribution in [0.15, 0.2) is 0 Å². The van der Waals surface area contributed by atoms with Crippen molar-refractivity contribution in [1.82, 2.24) is 4.31 Å². The van der Waals surface area contributed by atoms with E-state index in [0.29, 0.717) is 10.8 Å². The summed E-state index contributed by atoms with van der Waals surface area (Å²) in [5.74, 6) is 1.84. The molecule has 2 unspecified atom stereocenters. The Labute approximate surface area is 119 Å². The van der Waals surface area contributed by atoms with Crippen LogP contribution in [-0.4, -0.2) is 17.4 Å². The van der Waals surface area contributed by atoms with E-state index < -0.39 is 0 Å². The zero-order valence-electron chi connectivity index (χ0n) is 12.7. The summed E-state index contributed by atoms with van der Waals surface area (Å²) in [5.41, 5.74) is 1.15. The Morgan fingerprint density at radius 3 is 2.00 bits per heavy atom. The minimum absolute atomic E-state index is 0.575. The van der Waals surface area contributed by atoms with Gasteiger partial charge in [0.2, 0.25) is 0 Å². The highest BCUT2D eigenvalue weighted by molar-refractivity contribution is 7.77. The lowest BCUT2D eigenvalue weighted by Crippen LogP contribution is -2.35. The van der Waals surface area contributed by atoms with E-state index in [1.54, 1.807) is 0 Å². The molecule has 1 aliphatic carbocycles. The summed E-state index contributed by atoms with van der Waals surface area (Å²) >= 11 is 4.66. The molecule has 2 rings (SSSR count). The highest BCUT2D eigenvalue weighted by Crippen LogP contribution is 2.64. The highest BCUT2D eigenvalue weighted by Gasteiger charge is 2.60. The van der Waals surface area contributed by atoms with Crippen molar-refractivity contribution in [3.8, 4) is 0 Å². The molecule has 0 spiro atoms. The lowest BCUT2D eigenvalue weighted by molar-refractivity contribution is 0.124. The Morgan fingerprint density at radius 2 is 1.61 bits per heavy atom. The van der Waals surface area contributed by atoms with Gasteiger partial charge in [0.05, 0.1) is 0 Å². The van der Waals surface area contributed by atoms with E-state index in [1.165, 1.54) is 51.6 Å². The molecule has 0 N–H and O–H groups in total. The predicted octanol–water partition coefficient (Wildman–Crippen LogP) is 4.79. The Bertz CT molecular complexity index is 269. The van der Waals surface area contributed by atoms with Crippen LogP contribution in [0.4, 0.5) is 0 Å². The SMILES string of the molecule is CCC12CC(CCC(C)C)CC1(CC)CN(S)C2. The van der Waals surface area contributed by atoms with Gasteiger partial charge in [0, 0.05) is 13.1 Å². The van der Waals surface area contributed by atoms with Gasteiger partial charge in [-0.2, -0.15) is 0 Å². The Balaban J connectivity index is 2.09. The molecule has 0 aromatic carbocycles. The third-order valence-electron chi connectivity index (χ3n) is 5.96. The highest BCUT2D eigenvalue weighted by atomic mass is 32.1. The minimum Gasteiger partial charge on any atom is -0.252 e. The van der Waals surface area contributed by atoms with Crippen LogP contribution >= 0.6 is 12.8 Å². The summed E-state index contributed by atoms with van der Waals surface area (Å²) in [5, 5.41) is 0. The van der Waals surface area contributed by atoms with Crippen LogP contribution in [0.3, 0.4) is 0 Å². The molecule has 18 heavy (non-hydrogen) atoms. The van der Waals surface area contributed by atoms with E-state index in [4.69, 9.17) is 0 Å². The Morgan fingerprint density at radius 1 is 1.11 bits per heavy atom. The molecule has 0 amide bonds. The molecule has 2 atom stereocenters. The van der Waals surface area contributed by atoms with Crippen molar-refractivity contribution in [2.45, 2.75) is 66.2 Å². The summed E-state index contributed by atoms with van der Waals surface area (Å²) in [7, 11) is 0. The van der Waals surface area contributed by atoms with Crippen molar-refractivity contribution in [2.75, 3.05) is 13.1 Å². The van der Waals surface area contributed by atoms with Crippen LogP contribution in [-0.2, 0) is 0 Å². The summed E-state index contributed by atoms with van der Waals surface area (Å²) in [4.78, 5) is 0. The lowest BCUT2D eigenvalue weighted by Gasteiger charge is -2.38. The fraction of sp³-hybridized carbons (Fsp3) is 1.00. The summed E-state index contributed by atoms with van der Waals surface area (Å²) in [6.45, 7) is 12.0. The number of nitrogens with zero attached hydrogens (tertiary/aromatic N) is 1. The van der Waals surface area contributed by atoms with E-state index in [9.17, 15) is 0 Å². The molecule has 0 bridgehead atoms. The second kappa shape index (κ2) is 5.36. The maximum atomic E-state index is 4.66. The molecule has 106 valence electrons. The van der Waals surface area contributed by atoms with Gasteiger partial charge >= 0.3 is 0 Å². The van der Waals surface area contributed by atoms with Crippen LogP contribution in [0, 0.1) is 22.7 Å². The predicted molar refractivity (Wildman–Crippen MR) is 82.8 cm³/mol. The molecule has 2 aliphatic rings. The van der Waals surface area contributed by atoms with E-state index in [1.807, 2.05) is 0 Å². The number of rotatable bonds is 5. The van der Waals surface area contributed by atoms with Crippen LogP contribution in [0.5, 0.6) is 0 Å². The monoisotopic (exact) mass is 269 g/mol. The molecule has 0 radical (unpaired) electrons. The zero-order chi connectivity index (χ0) is 13.4. The van der Waals surface area contributed by atoms with E-state index in [-0.39, 0.29) is 0 Å². The van der Waals surface area contributed by atoms with Gasteiger partial charge in [0.25, 0.3) is 0 Å². The zero-order valence-corrected chi connectivity index (χ0v) is 13.6. The summed E-state index contributed by atoms with van der Waals surface area (Å²) < 4.78 is 2.30. The van der Waals surface area contributed by atoms with E-state index in [0.717, 1.165) is 11.8 Å². The average molecular weight is 269 g/mol. The largest absolute Gasteiger partial charge is 0.252 e. The van der Waals surface area contributed by atoms with Crippen molar-refractivity contribution in [3.63, 3.8) is 0 Å². The smallest absolute Gasteiger partial charge is 0.0150 e. The van der Waals surface area contributed by atoms with Gasteiger partial charge in [-0.15, -0.1) is 0 Å². The third-order valence-corrected chi connectivity index (χ3v) is 6.24. The minimum atomic E-state index is 0.575. The number of hydrogen-bond acceptors (Lipinski definition) is 2. The molecule has 1 nitrogen and oxygen atoms in total. The molecule has 0 aromatic rings. The van der Waals surface area contributed by atoms with Gasteiger partial charge < -0.3 is 0 Å². The van der Waals surface area contributed by atoms with Crippen molar-refractivity contribution >= 4 is 12.8 Å². The molecule has 1 aliphatic heterocycles. The Hall–Kier alpha value is 0.310. The lowest BCUT2D eigenvalue weighted by atomic mass is 9.65. The van der Waals surface area contributed by atoms with E-state index in [2.05, 4.69) is 44.8 Å². The molecule has 1 saturated carbocycles. The third kappa shape index (κ3) is 2.35. The Kier molecular flexibility index (Phi) is 4.38. The normalized spacial score (nSPS) is 40.7. The molecule has 2 heteroatoms. The number of hydrogen-bond donors (Lipinski definition) is 1. The molecule has 2 fully saturated rings. The maximum absolute atomic E-state index is 4.66. The van der Waals surface area contributed by atoms with Crippen LogP contribution < -0.4 is 0 Å². The van der Waals surface area contributed by atoms with Crippen LogP contribution in [0.2, 0.25) is 0 Å². The molecule has 1 saturated heterocycles. The molecular weight excluding hydrogens is 238 g/mol. The fourth-order valence-electron chi connectivity index (χ4n) is 4.86. The standard InChI is InChI=1S/C16H31NS/c1-5-15-9-14(8-7-13(3)4)10-16(15,6-2)12-17(18)11-15/h13-14,18H,5-12H2,1-4H3. The first-order valence-corrected chi connectivity index (χ1v) is 8.31. The van der Waals surface area contributed by atoms with Crippen molar-refractivity contribution in [3.05, 3.63) is 0 Å². The van der Waals surface area contributed by atoms with Gasteiger partial charge in [-0.25, -0.2) is 0 Å². The van der Waals surface area contributed by atoms with Gasteiger partial charge in [-0.3, -0.25) is 4.31 Å². The number of fused-ring (bicyclic) bond motifs is 1. The summed E-state index contributed by atoms with van der Waals surface area (Å²) in [6, 6.07) is 0. The van der Waals surface area contributed by atoms with Crippen molar-refractivity contribution < 1.29 is 0 Å². The van der Waals surface area contributed by atoms with Crippen molar-refractivity contribution in [2.24, 2.45) is 22.7 Å². The van der Waals surface area contributed by atoms with Gasteiger partial charge in [0.1, 0.15) is 0 Å². The van der Waals surface area contributed by atoms with Gasteiger partial charge in [0.15, 0.2) is 0 Å². The second-order valence-electron chi connectivity index (χ2n) is 7.34. The van der Waals surface area contributed by atoms with Crippen molar-refractivity contribution in [1.29, 1.82) is 0 Å². The topological polar surface area (TPSA) is 3.24 Å². The first-order valence-electron chi connectivity index (χ1n) is 7.91. The molecule has 1 heterocycles. The first kappa shape index (κ1) is 14.7. The van der Waals surface area contributed by atoms with Gasteiger partial charge in [-0.05, 0) is 48.3 Å². The molecular formula is C16H31NS. The first-order chi connectivity index (χ1) is 8.47. The second-order valence-corrected chi connectivity index (χ2v) is 7.90. The fourth-order valence-corrected chi connectivity index (χ4v) is 5.41. The maximum Gasteiger partial charge on any atom is 0.0150 e. The molecule has 0 aromatic heterocycles. The number of thiol groups is 1. The van der Waals surface area contributed by atoms with Crippen LogP contribution in [0.1, 0.15) is 66.2 Å².